The molecule has 0 aliphatic carbocycles. The number of aromatic nitrogens is 4. The lowest BCUT2D eigenvalue weighted by Gasteiger charge is -2.46. The van der Waals surface area contributed by atoms with Crippen LogP contribution in [0.3, 0.4) is 0 Å². The molecule has 2 aliphatic heterocycles. The van der Waals surface area contributed by atoms with Crippen molar-refractivity contribution in [3.8, 4) is 0 Å². The predicted molar refractivity (Wildman–Crippen MR) is 93.9 cm³/mol. The Hall–Kier alpha value is -2.06. The van der Waals surface area contributed by atoms with Gasteiger partial charge in [0.1, 0.15) is 12.0 Å². The van der Waals surface area contributed by atoms with Gasteiger partial charge in [-0.2, -0.15) is 10.1 Å². The highest BCUT2D eigenvalue weighted by Crippen LogP contribution is 2.35. The number of hydrogen-bond acceptors (Lipinski definition) is 6. The van der Waals surface area contributed by atoms with Crippen LogP contribution in [0.1, 0.15) is 61.6 Å². The Morgan fingerprint density at radius 2 is 2.15 bits per heavy atom. The first-order valence-electron chi connectivity index (χ1n) is 9.32. The maximum Gasteiger partial charge on any atom is 0.272 e. The number of rotatable bonds is 2. The molecule has 2 saturated heterocycles. The molecule has 1 unspecified atom stereocenters. The number of aliphatic hydroxyl groups excluding tert-OH is 1. The zero-order chi connectivity index (χ0) is 18.3. The molecule has 8 heteroatoms. The Balaban J connectivity index is 1.54. The Morgan fingerprint density at radius 1 is 1.38 bits per heavy atom. The van der Waals surface area contributed by atoms with E-state index in [0.717, 1.165) is 18.5 Å². The Bertz CT molecular complexity index is 810. The van der Waals surface area contributed by atoms with Crippen molar-refractivity contribution in [2.24, 2.45) is 0 Å². The molecule has 2 fully saturated rings. The van der Waals surface area contributed by atoms with Crippen LogP contribution in [0.15, 0.2) is 12.4 Å². The third-order valence-electron chi connectivity index (χ3n) is 5.61. The fourth-order valence-electron chi connectivity index (χ4n) is 4.00. The third kappa shape index (κ3) is 2.87. The van der Waals surface area contributed by atoms with Crippen molar-refractivity contribution in [1.82, 2.24) is 24.5 Å². The predicted octanol–water partition coefficient (Wildman–Crippen LogP) is 1.39. The van der Waals surface area contributed by atoms with Gasteiger partial charge in [-0.25, -0.2) is 9.50 Å². The SMILES string of the molecule is CC(C)c1cc(C(=O)N2CCC3(CC2)OCCCC3O)nc2ncnn12. The summed E-state index contributed by atoms with van der Waals surface area (Å²) in [5.41, 5.74) is 0.827. The number of nitrogens with zero attached hydrogens (tertiary/aromatic N) is 5. The molecule has 0 bridgehead atoms. The summed E-state index contributed by atoms with van der Waals surface area (Å²) in [7, 11) is 0. The van der Waals surface area contributed by atoms with Gasteiger partial charge in [0.05, 0.1) is 17.4 Å². The van der Waals surface area contributed by atoms with Crippen molar-refractivity contribution < 1.29 is 14.6 Å². The van der Waals surface area contributed by atoms with E-state index in [9.17, 15) is 9.90 Å². The van der Waals surface area contributed by atoms with Gasteiger partial charge in [0, 0.05) is 19.7 Å². The number of hydrogen-bond donors (Lipinski definition) is 1. The van der Waals surface area contributed by atoms with E-state index in [4.69, 9.17) is 4.74 Å². The average Bonchev–Trinajstić information content (AvgIpc) is 3.12. The van der Waals surface area contributed by atoms with E-state index in [1.165, 1.54) is 6.33 Å². The Kier molecular flexibility index (Phi) is 4.40. The molecule has 8 nitrogen and oxygen atoms in total. The first-order chi connectivity index (χ1) is 12.5. The molecule has 2 aliphatic rings. The minimum Gasteiger partial charge on any atom is -0.390 e. The van der Waals surface area contributed by atoms with Crippen molar-refractivity contribution in [2.45, 2.75) is 57.2 Å². The average molecular weight is 359 g/mol. The molecule has 1 N–H and O–H groups in total. The molecule has 1 atom stereocenters. The minimum atomic E-state index is -0.484. The van der Waals surface area contributed by atoms with Crippen LogP contribution in [-0.4, -0.2) is 66.9 Å². The second-order valence-electron chi connectivity index (χ2n) is 7.56. The molecule has 26 heavy (non-hydrogen) atoms. The van der Waals surface area contributed by atoms with Crippen LogP contribution in [0.4, 0.5) is 0 Å². The van der Waals surface area contributed by atoms with Gasteiger partial charge >= 0.3 is 0 Å². The lowest BCUT2D eigenvalue weighted by Crippen LogP contribution is -2.56. The molecule has 2 aromatic rings. The summed E-state index contributed by atoms with van der Waals surface area (Å²) in [6.45, 7) is 5.92. The van der Waals surface area contributed by atoms with Gasteiger partial charge < -0.3 is 14.7 Å². The second kappa shape index (κ2) is 6.59. The number of carbonyl (C=O) groups is 1. The van der Waals surface area contributed by atoms with Crippen molar-refractivity contribution >= 4 is 11.7 Å². The van der Waals surface area contributed by atoms with Gasteiger partial charge in [0.25, 0.3) is 11.7 Å². The van der Waals surface area contributed by atoms with Crippen LogP contribution in [0.5, 0.6) is 0 Å². The fourth-order valence-corrected chi connectivity index (χ4v) is 4.00. The van der Waals surface area contributed by atoms with Gasteiger partial charge in [-0.05, 0) is 37.7 Å². The van der Waals surface area contributed by atoms with Gasteiger partial charge in [-0.1, -0.05) is 13.8 Å². The third-order valence-corrected chi connectivity index (χ3v) is 5.61. The van der Waals surface area contributed by atoms with Crippen LogP contribution in [0.2, 0.25) is 0 Å². The lowest BCUT2D eigenvalue weighted by atomic mass is 9.82. The molecule has 4 heterocycles. The zero-order valence-corrected chi connectivity index (χ0v) is 15.3. The first-order valence-corrected chi connectivity index (χ1v) is 9.32. The maximum absolute atomic E-state index is 13.0. The van der Waals surface area contributed by atoms with Gasteiger partial charge in [0.15, 0.2) is 0 Å². The van der Waals surface area contributed by atoms with E-state index >= 15 is 0 Å². The molecule has 1 amide bonds. The molecule has 0 saturated carbocycles. The summed E-state index contributed by atoms with van der Waals surface area (Å²) in [4.78, 5) is 23.3. The number of amides is 1. The van der Waals surface area contributed by atoms with Gasteiger partial charge in [-0.3, -0.25) is 4.79 Å². The fraction of sp³-hybridized carbons (Fsp3) is 0.667. The van der Waals surface area contributed by atoms with Crippen LogP contribution in [0.25, 0.3) is 5.78 Å². The summed E-state index contributed by atoms with van der Waals surface area (Å²) in [6.07, 6.45) is 4.00. The smallest absolute Gasteiger partial charge is 0.272 e. The molecule has 4 rings (SSSR count). The number of piperidine rings is 1. The quantitative estimate of drug-likeness (QED) is 0.871. The highest BCUT2D eigenvalue weighted by Gasteiger charge is 2.44. The lowest BCUT2D eigenvalue weighted by molar-refractivity contribution is -0.174. The van der Waals surface area contributed by atoms with Crippen molar-refractivity contribution in [3.63, 3.8) is 0 Å². The molecular weight excluding hydrogens is 334 g/mol. The van der Waals surface area contributed by atoms with Crippen molar-refractivity contribution in [1.29, 1.82) is 0 Å². The molecule has 1 spiro atoms. The van der Waals surface area contributed by atoms with Crippen LogP contribution < -0.4 is 0 Å². The van der Waals surface area contributed by atoms with Crippen LogP contribution >= 0.6 is 0 Å². The largest absolute Gasteiger partial charge is 0.390 e. The van der Waals surface area contributed by atoms with E-state index in [-0.39, 0.29) is 11.8 Å². The topological polar surface area (TPSA) is 92.9 Å². The van der Waals surface area contributed by atoms with E-state index in [0.29, 0.717) is 44.0 Å². The standard InChI is InChI=1S/C18H25N5O3/c1-12(2)14-10-13(21-17-19-11-20-23(14)17)16(25)22-7-5-18(6-8-22)15(24)4-3-9-26-18/h10-12,15,24H,3-9H2,1-2H3. The summed E-state index contributed by atoms with van der Waals surface area (Å²) in [5, 5.41) is 14.6. The summed E-state index contributed by atoms with van der Waals surface area (Å²) in [6, 6.07) is 1.81. The number of fused-ring (bicyclic) bond motifs is 1. The summed E-state index contributed by atoms with van der Waals surface area (Å²) in [5.74, 6) is 0.542. The number of carbonyl (C=O) groups excluding carboxylic acids is 1. The normalized spacial score (nSPS) is 23.1. The minimum absolute atomic E-state index is 0.0995. The number of aliphatic hydroxyl groups is 1. The van der Waals surface area contributed by atoms with Crippen LogP contribution in [-0.2, 0) is 4.74 Å². The zero-order valence-electron chi connectivity index (χ0n) is 15.3. The monoisotopic (exact) mass is 359 g/mol. The number of ether oxygens (including phenoxy) is 1. The Labute approximate surface area is 152 Å². The molecule has 0 radical (unpaired) electrons. The van der Waals surface area contributed by atoms with E-state index in [2.05, 4.69) is 28.9 Å². The molecule has 140 valence electrons. The summed E-state index contributed by atoms with van der Waals surface area (Å²) < 4.78 is 7.60. The second-order valence-corrected chi connectivity index (χ2v) is 7.56. The van der Waals surface area contributed by atoms with Gasteiger partial charge in [0.2, 0.25) is 0 Å². The van der Waals surface area contributed by atoms with Crippen molar-refractivity contribution in [3.05, 3.63) is 23.8 Å². The van der Waals surface area contributed by atoms with Crippen LogP contribution in [0, 0.1) is 0 Å². The number of likely N-dealkylation sites (tertiary alicyclic amines) is 1. The molecule has 0 aromatic carbocycles. The van der Waals surface area contributed by atoms with E-state index < -0.39 is 11.7 Å². The Morgan fingerprint density at radius 3 is 2.85 bits per heavy atom. The highest BCUT2D eigenvalue weighted by molar-refractivity contribution is 5.93. The highest BCUT2D eigenvalue weighted by atomic mass is 16.5. The summed E-state index contributed by atoms with van der Waals surface area (Å²) >= 11 is 0. The first kappa shape index (κ1) is 17.4. The van der Waals surface area contributed by atoms with Gasteiger partial charge in [-0.15, -0.1) is 0 Å². The molecule has 2 aromatic heterocycles. The molecular formula is C18H25N5O3. The van der Waals surface area contributed by atoms with Crippen molar-refractivity contribution in [2.75, 3.05) is 19.7 Å². The maximum atomic E-state index is 13.0. The van der Waals surface area contributed by atoms with E-state index in [1.807, 2.05) is 6.07 Å². The van der Waals surface area contributed by atoms with E-state index in [1.54, 1.807) is 9.42 Å².